The third-order valence-electron chi connectivity index (χ3n) is 2.13. The Hall–Kier alpha value is -1.87. The highest BCUT2D eigenvalue weighted by atomic mass is 35.7. The van der Waals surface area contributed by atoms with Crippen LogP contribution < -0.4 is 5.32 Å². The first-order valence-electron chi connectivity index (χ1n) is 5.34. The van der Waals surface area contributed by atoms with Gasteiger partial charge < -0.3 is 10.1 Å². The Balaban J connectivity index is 2.35. The number of non-ortho nitro benzene ring substituents is 1. The zero-order valence-electron chi connectivity index (χ0n) is 10.1. The van der Waals surface area contributed by atoms with Gasteiger partial charge in [0.1, 0.15) is 6.61 Å². The van der Waals surface area contributed by atoms with Crippen LogP contribution in [-0.2, 0) is 20.4 Å². The molecule has 0 aliphatic heterocycles. The van der Waals surface area contributed by atoms with Gasteiger partial charge >= 0.3 is 6.09 Å². The first kappa shape index (κ1) is 16.2. The molecule has 0 fully saturated rings. The standard InChI is InChI=1S/C10H11ClN2O6S/c11-20(17,18)6-5-12-10(14)19-7-8-1-3-9(4-2-8)13(15)16/h1-4H,5-7H2,(H,12,14). The van der Waals surface area contributed by atoms with Crippen molar-refractivity contribution < 1.29 is 22.9 Å². The number of hydrogen-bond acceptors (Lipinski definition) is 6. The van der Waals surface area contributed by atoms with Crippen molar-refractivity contribution in [3.63, 3.8) is 0 Å². The summed E-state index contributed by atoms with van der Waals surface area (Å²) in [6, 6.07) is 5.48. The summed E-state index contributed by atoms with van der Waals surface area (Å²) >= 11 is 0. The number of carbonyl (C=O) groups excluding carboxylic acids is 1. The zero-order valence-corrected chi connectivity index (χ0v) is 11.7. The van der Waals surface area contributed by atoms with Gasteiger partial charge in [0, 0.05) is 29.4 Å². The highest BCUT2D eigenvalue weighted by molar-refractivity contribution is 8.13. The van der Waals surface area contributed by atoms with Gasteiger partial charge in [-0.05, 0) is 17.7 Å². The number of benzene rings is 1. The van der Waals surface area contributed by atoms with Crippen LogP contribution in [0.2, 0.25) is 0 Å². The van der Waals surface area contributed by atoms with Crippen molar-refractivity contribution in [2.45, 2.75) is 6.61 Å². The molecule has 20 heavy (non-hydrogen) atoms. The van der Waals surface area contributed by atoms with Crippen molar-refractivity contribution in [2.24, 2.45) is 0 Å². The molecule has 1 amide bonds. The maximum atomic E-state index is 11.2. The maximum absolute atomic E-state index is 11.2. The van der Waals surface area contributed by atoms with Gasteiger partial charge in [-0.1, -0.05) is 0 Å². The monoisotopic (exact) mass is 322 g/mol. The number of nitro benzene ring substituents is 1. The Morgan fingerprint density at radius 1 is 1.35 bits per heavy atom. The molecule has 1 aromatic carbocycles. The summed E-state index contributed by atoms with van der Waals surface area (Å²) in [6.45, 7) is -0.248. The lowest BCUT2D eigenvalue weighted by Crippen LogP contribution is -2.28. The van der Waals surface area contributed by atoms with Crippen LogP contribution in [0.3, 0.4) is 0 Å². The molecule has 0 aromatic heterocycles. The molecule has 0 aliphatic rings. The number of ether oxygens (including phenoxy) is 1. The first-order chi connectivity index (χ1) is 9.28. The van der Waals surface area contributed by atoms with E-state index in [1.807, 2.05) is 0 Å². The molecule has 1 N–H and O–H groups in total. The summed E-state index contributed by atoms with van der Waals surface area (Å²) in [6.07, 6.45) is -0.802. The fourth-order valence-corrected chi connectivity index (χ4v) is 1.77. The quantitative estimate of drug-likeness (QED) is 0.480. The van der Waals surface area contributed by atoms with Gasteiger partial charge in [0.2, 0.25) is 9.05 Å². The molecule has 0 atom stereocenters. The second-order valence-electron chi connectivity index (χ2n) is 3.67. The van der Waals surface area contributed by atoms with Gasteiger partial charge in [-0.3, -0.25) is 10.1 Å². The van der Waals surface area contributed by atoms with Crippen LogP contribution in [0.25, 0.3) is 0 Å². The van der Waals surface area contributed by atoms with Crippen LogP contribution in [-0.4, -0.2) is 31.7 Å². The average Bonchev–Trinajstić information content (AvgIpc) is 2.35. The second kappa shape index (κ2) is 7.06. The van der Waals surface area contributed by atoms with Crippen LogP contribution in [0, 0.1) is 10.1 Å². The predicted octanol–water partition coefficient (Wildman–Crippen LogP) is 1.39. The molecule has 0 radical (unpaired) electrons. The SMILES string of the molecule is O=C(NCCS(=O)(=O)Cl)OCc1ccc([N+](=O)[O-])cc1. The molecule has 0 saturated heterocycles. The van der Waals surface area contributed by atoms with E-state index in [9.17, 15) is 23.3 Å². The van der Waals surface area contributed by atoms with Crippen molar-refractivity contribution >= 4 is 31.5 Å². The zero-order chi connectivity index (χ0) is 15.2. The Morgan fingerprint density at radius 3 is 2.45 bits per heavy atom. The van der Waals surface area contributed by atoms with E-state index in [1.54, 1.807) is 0 Å². The molecule has 0 spiro atoms. The van der Waals surface area contributed by atoms with Gasteiger partial charge in [0.05, 0.1) is 10.7 Å². The molecule has 10 heteroatoms. The smallest absolute Gasteiger partial charge is 0.407 e. The fraction of sp³-hybridized carbons (Fsp3) is 0.300. The highest BCUT2D eigenvalue weighted by Gasteiger charge is 2.08. The number of amides is 1. The third-order valence-corrected chi connectivity index (χ3v) is 3.29. The Kier molecular flexibility index (Phi) is 5.71. The van der Waals surface area contributed by atoms with Crippen LogP contribution in [0.15, 0.2) is 24.3 Å². The number of hydrogen-bond donors (Lipinski definition) is 1. The lowest BCUT2D eigenvalue weighted by molar-refractivity contribution is -0.384. The van der Waals surface area contributed by atoms with E-state index in [0.29, 0.717) is 5.56 Å². The summed E-state index contributed by atoms with van der Waals surface area (Å²) < 4.78 is 26.0. The van der Waals surface area contributed by atoms with Gasteiger partial charge in [-0.15, -0.1) is 0 Å². The number of nitro groups is 1. The molecule has 8 nitrogen and oxygen atoms in total. The largest absolute Gasteiger partial charge is 0.445 e. The van der Waals surface area contributed by atoms with Crippen LogP contribution in [0.1, 0.15) is 5.56 Å². The van der Waals surface area contributed by atoms with Crippen molar-refractivity contribution in [1.29, 1.82) is 0 Å². The number of halogens is 1. The van der Waals surface area contributed by atoms with E-state index < -0.39 is 25.8 Å². The Bertz CT molecular complexity index is 586. The molecule has 1 aromatic rings. The molecule has 0 saturated carbocycles. The van der Waals surface area contributed by atoms with Crippen LogP contribution in [0.4, 0.5) is 10.5 Å². The highest BCUT2D eigenvalue weighted by Crippen LogP contribution is 2.12. The van der Waals surface area contributed by atoms with E-state index in [-0.39, 0.29) is 18.8 Å². The predicted molar refractivity (Wildman–Crippen MR) is 70.9 cm³/mol. The molecular formula is C10H11ClN2O6S. The molecule has 0 bridgehead atoms. The van der Waals surface area contributed by atoms with Crippen molar-refractivity contribution in [3.05, 3.63) is 39.9 Å². The maximum Gasteiger partial charge on any atom is 0.407 e. The van der Waals surface area contributed by atoms with Gasteiger partial charge in [-0.2, -0.15) is 0 Å². The fourth-order valence-electron chi connectivity index (χ4n) is 1.19. The van der Waals surface area contributed by atoms with Gasteiger partial charge in [-0.25, -0.2) is 13.2 Å². The minimum Gasteiger partial charge on any atom is -0.445 e. The summed E-state index contributed by atoms with van der Waals surface area (Å²) in [5.41, 5.74) is 0.501. The molecule has 1 rings (SSSR count). The van der Waals surface area contributed by atoms with Crippen LogP contribution >= 0.6 is 10.7 Å². The van der Waals surface area contributed by atoms with E-state index >= 15 is 0 Å². The van der Waals surface area contributed by atoms with E-state index in [1.165, 1.54) is 24.3 Å². The summed E-state index contributed by atoms with van der Waals surface area (Å²) in [5.74, 6) is -0.402. The summed E-state index contributed by atoms with van der Waals surface area (Å²) in [7, 11) is 1.29. The average molecular weight is 323 g/mol. The number of rotatable bonds is 6. The van der Waals surface area contributed by atoms with Gasteiger partial charge in [0.15, 0.2) is 0 Å². The van der Waals surface area contributed by atoms with E-state index in [0.717, 1.165) is 0 Å². The number of nitrogens with zero attached hydrogens (tertiary/aromatic N) is 1. The van der Waals surface area contributed by atoms with E-state index in [4.69, 9.17) is 15.4 Å². The molecular weight excluding hydrogens is 312 g/mol. The normalized spacial score (nSPS) is 10.8. The minimum absolute atomic E-state index is 0.0643. The van der Waals surface area contributed by atoms with Crippen LogP contribution in [0.5, 0.6) is 0 Å². The molecule has 0 unspecified atom stereocenters. The lowest BCUT2D eigenvalue weighted by Gasteiger charge is -2.06. The van der Waals surface area contributed by atoms with Crippen molar-refractivity contribution in [3.8, 4) is 0 Å². The molecule has 0 heterocycles. The van der Waals surface area contributed by atoms with Crippen molar-refractivity contribution in [1.82, 2.24) is 5.32 Å². The lowest BCUT2D eigenvalue weighted by atomic mass is 10.2. The minimum atomic E-state index is -3.66. The second-order valence-corrected chi connectivity index (χ2v) is 6.57. The van der Waals surface area contributed by atoms with Gasteiger partial charge in [0.25, 0.3) is 5.69 Å². The third kappa shape index (κ3) is 6.34. The summed E-state index contributed by atoms with van der Waals surface area (Å²) in [5, 5.41) is 12.6. The topological polar surface area (TPSA) is 116 Å². The molecule has 0 aliphatic carbocycles. The van der Waals surface area contributed by atoms with E-state index in [2.05, 4.69) is 5.32 Å². The number of alkyl carbamates (subject to hydrolysis) is 1. The Morgan fingerprint density at radius 2 is 1.95 bits per heavy atom. The molecule has 110 valence electrons. The first-order valence-corrected chi connectivity index (χ1v) is 7.82. The summed E-state index contributed by atoms with van der Waals surface area (Å²) in [4.78, 5) is 21.1. The number of carbonyl (C=O) groups is 1. The Labute approximate surface area is 119 Å². The van der Waals surface area contributed by atoms with Crippen molar-refractivity contribution in [2.75, 3.05) is 12.3 Å². The number of nitrogens with one attached hydrogen (secondary N) is 1.